The van der Waals surface area contributed by atoms with Crippen molar-refractivity contribution in [2.24, 2.45) is 0 Å². The van der Waals surface area contributed by atoms with E-state index in [0.717, 1.165) is 5.75 Å². The second-order valence-corrected chi connectivity index (χ2v) is 4.57. The van der Waals surface area contributed by atoms with Crippen molar-refractivity contribution in [3.05, 3.63) is 29.8 Å². The molecule has 2 aliphatic rings. The zero-order valence-electron chi connectivity index (χ0n) is 9.12. The molecule has 1 aromatic carbocycles. The highest BCUT2D eigenvalue weighted by Gasteiger charge is 2.48. The molecule has 1 heterocycles. The number of para-hydroxylation sites is 1. The number of fused-ring (bicyclic) bond motifs is 3. The third-order valence-electron chi connectivity index (χ3n) is 3.92. The molecule has 2 nitrogen and oxygen atoms in total. The van der Waals surface area contributed by atoms with Gasteiger partial charge in [-0.3, -0.25) is 0 Å². The Morgan fingerprint density at radius 3 is 3.07 bits per heavy atom. The van der Waals surface area contributed by atoms with Crippen molar-refractivity contribution in [3.63, 3.8) is 0 Å². The molecule has 2 unspecified atom stereocenters. The van der Waals surface area contributed by atoms with Crippen molar-refractivity contribution in [1.29, 1.82) is 0 Å². The van der Waals surface area contributed by atoms with Gasteiger partial charge in [-0.15, -0.1) is 0 Å². The molecule has 1 aromatic rings. The number of hydrogen-bond donors (Lipinski definition) is 1. The van der Waals surface area contributed by atoms with E-state index in [1.54, 1.807) is 0 Å². The molecule has 80 valence electrons. The first kappa shape index (κ1) is 9.22. The highest BCUT2D eigenvalue weighted by atomic mass is 16.5. The molecular weight excluding hydrogens is 187 g/mol. The van der Waals surface area contributed by atoms with E-state index in [0.29, 0.717) is 6.10 Å². The van der Waals surface area contributed by atoms with Crippen LogP contribution in [0.3, 0.4) is 0 Å². The summed E-state index contributed by atoms with van der Waals surface area (Å²) in [5.41, 5.74) is 1.45. The second-order valence-electron chi connectivity index (χ2n) is 4.57. The number of ether oxygens (including phenoxy) is 1. The Morgan fingerprint density at radius 2 is 2.20 bits per heavy atom. The molecular formula is C13H17NO. The monoisotopic (exact) mass is 204 g/mol. The van der Waals surface area contributed by atoms with Crippen LogP contribution >= 0.6 is 0 Å². The lowest BCUT2D eigenvalue weighted by molar-refractivity contribution is 0.0815. The van der Waals surface area contributed by atoms with Gasteiger partial charge in [0.15, 0.2) is 0 Å². The summed E-state index contributed by atoms with van der Waals surface area (Å²) in [7, 11) is 2.06. The van der Waals surface area contributed by atoms with Gasteiger partial charge in [-0.2, -0.15) is 0 Å². The van der Waals surface area contributed by atoms with Crippen LogP contribution < -0.4 is 10.1 Å². The maximum Gasteiger partial charge on any atom is 0.125 e. The molecule has 1 N–H and O–H groups in total. The quantitative estimate of drug-likeness (QED) is 0.709. The van der Waals surface area contributed by atoms with Gasteiger partial charge in [0.05, 0.1) is 5.54 Å². The fourth-order valence-electron chi connectivity index (χ4n) is 3.12. The van der Waals surface area contributed by atoms with E-state index >= 15 is 0 Å². The smallest absolute Gasteiger partial charge is 0.125 e. The van der Waals surface area contributed by atoms with Crippen LogP contribution in [0.2, 0.25) is 0 Å². The summed E-state index contributed by atoms with van der Waals surface area (Å²) in [6, 6.07) is 8.46. The number of rotatable bonds is 1. The molecule has 0 amide bonds. The fraction of sp³-hybridized carbons (Fsp3) is 0.538. The molecule has 1 aliphatic carbocycles. The predicted molar refractivity (Wildman–Crippen MR) is 60.1 cm³/mol. The van der Waals surface area contributed by atoms with Crippen molar-refractivity contribution in [1.82, 2.24) is 5.32 Å². The van der Waals surface area contributed by atoms with E-state index in [9.17, 15) is 0 Å². The molecule has 0 aromatic heterocycles. The number of likely N-dealkylation sites (N-methyl/N-ethyl adjacent to an activating group) is 1. The molecule has 2 atom stereocenters. The summed E-state index contributed by atoms with van der Waals surface area (Å²) < 4.78 is 6.04. The van der Waals surface area contributed by atoms with Crippen LogP contribution in [0, 0.1) is 0 Å². The van der Waals surface area contributed by atoms with Crippen molar-refractivity contribution < 1.29 is 4.74 Å². The summed E-state index contributed by atoms with van der Waals surface area (Å²) in [5, 5.41) is 3.51. The molecule has 0 bridgehead atoms. The Balaban J connectivity index is 2.11. The Kier molecular flexibility index (Phi) is 1.99. The van der Waals surface area contributed by atoms with Crippen LogP contribution in [0.4, 0.5) is 0 Å². The Hall–Kier alpha value is -1.02. The lowest BCUT2D eigenvalue weighted by Gasteiger charge is -2.37. The minimum atomic E-state index is 0.0921. The molecule has 0 spiro atoms. The first-order valence-corrected chi connectivity index (χ1v) is 5.82. The van der Waals surface area contributed by atoms with Gasteiger partial charge < -0.3 is 10.1 Å². The lowest BCUT2D eigenvalue weighted by Crippen LogP contribution is -2.50. The van der Waals surface area contributed by atoms with E-state index in [4.69, 9.17) is 4.74 Å². The van der Waals surface area contributed by atoms with E-state index < -0.39 is 0 Å². The van der Waals surface area contributed by atoms with Crippen LogP contribution in [-0.4, -0.2) is 13.2 Å². The molecule has 2 heteroatoms. The van der Waals surface area contributed by atoms with Gasteiger partial charge in [-0.05, 0) is 32.4 Å². The van der Waals surface area contributed by atoms with Gasteiger partial charge in [0.2, 0.25) is 0 Å². The SMILES string of the molecule is [13CH3]NC12CCCCC1Oc1ccccc12. The molecule has 0 saturated heterocycles. The third kappa shape index (κ3) is 1.14. The average molecular weight is 204 g/mol. The van der Waals surface area contributed by atoms with Crippen LogP contribution in [0.15, 0.2) is 24.3 Å². The minimum Gasteiger partial charge on any atom is -0.488 e. The molecule has 15 heavy (non-hydrogen) atoms. The zero-order chi connectivity index (χ0) is 10.3. The average Bonchev–Trinajstić information content (AvgIpc) is 2.64. The molecule has 0 radical (unpaired) electrons. The van der Waals surface area contributed by atoms with Gasteiger partial charge in [-0.1, -0.05) is 24.6 Å². The van der Waals surface area contributed by atoms with Crippen LogP contribution in [0.1, 0.15) is 31.2 Å². The maximum absolute atomic E-state index is 6.04. The van der Waals surface area contributed by atoms with Crippen LogP contribution in [0.5, 0.6) is 5.75 Å². The van der Waals surface area contributed by atoms with Crippen LogP contribution in [-0.2, 0) is 5.54 Å². The molecule has 1 fully saturated rings. The Labute approximate surface area is 90.6 Å². The van der Waals surface area contributed by atoms with Gasteiger partial charge >= 0.3 is 0 Å². The van der Waals surface area contributed by atoms with Gasteiger partial charge in [-0.25, -0.2) is 0 Å². The Bertz CT molecular complexity index is 377. The molecule has 3 rings (SSSR count). The number of nitrogens with one attached hydrogen (secondary N) is 1. The second kappa shape index (κ2) is 3.24. The fourth-order valence-corrected chi connectivity index (χ4v) is 3.12. The van der Waals surface area contributed by atoms with Gasteiger partial charge in [0.1, 0.15) is 11.9 Å². The zero-order valence-corrected chi connectivity index (χ0v) is 9.12. The largest absolute Gasteiger partial charge is 0.488 e. The minimum absolute atomic E-state index is 0.0921. The number of benzene rings is 1. The van der Waals surface area contributed by atoms with E-state index in [1.165, 1.54) is 31.2 Å². The highest BCUT2D eigenvalue weighted by molar-refractivity contribution is 5.44. The summed E-state index contributed by atoms with van der Waals surface area (Å²) >= 11 is 0. The molecule has 1 saturated carbocycles. The van der Waals surface area contributed by atoms with Crippen molar-refractivity contribution in [2.75, 3.05) is 7.05 Å². The standard InChI is InChI=1S/C13H17NO/c1-14-13-9-5-4-8-12(13)15-11-7-3-2-6-10(11)13/h2-3,6-7,12,14H,4-5,8-9H2,1H3/i1+1. The summed E-state index contributed by atoms with van der Waals surface area (Å²) in [5.74, 6) is 1.08. The number of hydrogen-bond acceptors (Lipinski definition) is 2. The summed E-state index contributed by atoms with van der Waals surface area (Å²) in [4.78, 5) is 0. The lowest BCUT2D eigenvalue weighted by atomic mass is 9.76. The van der Waals surface area contributed by atoms with Crippen molar-refractivity contribution in [3.8, 4) is 5.75 Å². The van der Waals surface area contributed by atoms with E-state index in [-0.39, 0.29) is 5.54 Å². The van der Waals surface area contributed by atoms with Crippen molar-refractivity contribution >= 4 is 0 Å². The normalized spacial score (nSPS) is 33.0. The van der Waals surface area contributed by atoms with Crippen molar-refractivity contribution in [2.45, 2.75) is 37.3 Å². The summed E-state index contributed by atoms with van der Waals surface area (Å²) in [6.45, 7) is 0. The Morgan fingerprint density at radius 1 is 1.33 bits per heavy atom. The predicted octanol–water partition coefficient (Wildman–Crippen LogP) is 2.44. The highest BCUT2D eigenvalue weighted by Crippen LogP contribution is 2.48. The van der Waals surface area contributed by atoms with Gasteiger partial charge in [0, 0.05) is 5.56 Å². The van der Waals surface area contributed by atoms with E-state index in [2.05, 4.69) is 36.6 Å². The first-order valence-electron chi connectivity index (χ1n) is 5.82. The van der Waals surface area contributed by atoms with E-state index in [1.807, 2.05) is 0 Å². The topological polar surface area (TPSA) is 21.3 Å². The van der Waals surface area contributed by atoms with Crippen LogP contribution in [0.25, 0.3) is 0 Å². The third-order valence-corrected chi connectivity index (χ3v) is 3.92. The summed E-state index contributed by atoms with van der Waals surface area (Å²) in [6.07, 6.45) is 5.31. The molecule has 1 aliphatic heterocycles. The first-order chi connectivity index (χ1) is 7.37. The maximum atomic E-state index is 6.04. The van der Waals surface area contributed by atoms with Gasteiger partial charge in [0.25, 0.3) is 0 Å².